The zero-order chi connectivity index (χ0) is 35.4. The first-order valence-electron chi connectivity index (χ1n) is 16.9. The second-order valence-corrected chi connectivity index (χ2v) is 13.0. The molecule has 2 fully saturated rings. The van der Waals surface area contributed by atoms with Gasteiger partial charge in [0.25, 0.3) is 5.91 Å². The van der Waals surface area contributed by atoms with Crippen LogP contribution in [0, 0.1) is 0 Å². The van der Waals surface area contributed by atoms with Crippen LogP contribution in [-0.2, 0) is 19.0 Å². The van der Waals surface area contributed by atoms with Crippen molar-refractivity contribution in [1.29, 1.82) is 0 Å². The quantitative estimate of drug-likeness (QED) is 0.0404. The second-order valence-electron chi connectivity index (χ2n) is 11.7. The molecule has 272 valence electrons. The number of hydrogen-bond acceptors (Lipinski definition) is 11. The molecule has 16 heteroatoms. The van der Waals surface area contributed by atoms with Crippen molar-refractivity contribution in [3.63, 3.8) is 0 Å². The van der Waals surface area contributed by atoms with Gasteiger partial charge in [-0.2, -0.15) is 16.9 Å². The van der Waals surface area contributed by atoms with E-state index < -0.39 is 5.97 Å². The van der Waals surface area contributed by atoms with Crippen LogP contribution in [0.5, 0.6) is 0 Å². The van der Waals surface area contributed by atoms with Crippen LogP contribution in [-0.4, -0.2) is 116 Å². The first kappa shape index (κ1) is 38.6. The van der Waals surface area contributed by atoms with E-state index in [-0.39, 0.29) is 41.2 Å². The van der Waals surface area contributed by atoms with Gasteiger partial charge in [-0.3, -0.25) is 15.0 Å². The number of carbonyl (C=O) groups is 4. The number of amides is 4. The first-order chi connectivity index (χ1) is 24.4. The SMILES string of the molecule is O=C(CCCC[C@@H]1SC[C@@H]2NC(=O)N[C@@H]21)NCCCOCCOCCOCCCNC(=O)c1ccc(N/N=C/c2ccc(C(=O)O)cc2)cn1. The normalized spacial score (nSPS) is 18.0. The molecule has 1 aromatic carbocycles. The van der Waals surface area contributed by atoms with Gasteiger partial charge < -0.3 is 40.6 Å². The van der Waals surface area contributed by atoms with E-state index in [1.54, 1.807) is 30.5 Å². The zero-order valence-electron chi connectivity index (χ0n) is 28.1. The summed E-state index contributed by atoms with van der Waals surface area (Å²) in [6.45, 7) is 3.89. The number of carboxylic acids is 1. The lowest BCUT2D eigenvalue weighted by molar-refractivity contribution is -0.121. The molecule has 0 radical (unpaired) electrons. The van der Waals surface area contributed by atoms with E-state index >= 15 is 0 Å². The topological polar surface area (TPSA) is 202 Å². The number of pyridine rings is 1. The van der Waals surface area contributed by atoms with E-state index in [2.05, 4.69) is 36.8 Å². The maximum atomic E-state index is 12.3. The number of nitrogens with one attached hydrogen (secondary N) is 5. The summed E-state index contributed by atoms with van der Waals surface area (Å²) in [5.41, 5.74) is 4.63. The molecule has 6 N–H and O–H groups in total. The average Bonchev–Trinajstić information content (AvgIpc) is 3.67. The molecule has 0 saturated carbocycles. The van der Waals surface area contributed by atoms with Gasteiger partial charge in [0.2, 0.25) is 5.91 Å². The Kier molecular flexibility index (Phi) is 16.8. The number of hydrazone groups is 1. The smallest absolute Gasteiger partial charge is 0.335 e. The molecule has 0 bridgehead atoms. The summed E-state index contributed by atoms with van der Waals surface area (Å²) in [7, 11) is 0. The lowest BCUT2D eigenvalue weighted by Gasteiger charge is -2.16. The van der Waals surface area contributed by atoms with Gasteiger partial charge in [0, 0.05) is 43.7 Å². The Hall–Kier alpha value is -4.25. The molecular weight excluding hydrogens is 666 g/mol. The molecule has 50 heavy (non-hydrogen) atoms. The fourth-order valence-corrected chi connectivity index (χ4v) is 6.80. The number of aromatic nitrogens is 1. The number of fused-ring (bicyclic) bond motifs is 1. The van der Waals surface area contributed by atoms with Crippen LogP contribution in [0.15, 0.2) is 47.7 Å². The molecular formula is C34H47N7O8S. The van der Waals surface area contributed by atoms with Crippen molar-refractivity contribution < 1.29 is 38.5 Å². The molecule has 0 unspecified atom stereocenters. The number of thioether (sulfide) groups is 1. The van der Waals surface area contributed by atoms with E-state index in [0.717, 1.165) is 37.0 Å². The molecule has 3 heterocycles. The van der Waals surface area contributed by atoms with Crippen molar-refractivity contribution in [3.8, 4) is 0 Å². The van der Waals surface area contributed by atoms with Crippen LogP contribution in [0.4, 0.5) is 10.5 Å². The molecule has 2 aromatic rings. The summed E-state index contributed by atoms with van der Waals surface area (Å²) in [4.78, 5) is 50.9. The number of carboxylic acid groups (broad SMARTS) is 1. The molecule has 3 atom stereocenters. The maximum Gasteiger partial charge on any atom is 0.335 e. The number of aromatic carboxylic acids is 1. The van der Waals surface area contributed by atoms with Crippen LogP contribution in [0.2, 0.25) is 0 Å². The Bertz CT molecular complexity index is 1400. The molecule has 0 aliphatic carbocycles. The fourth-order valence-electron chi connectivity index (χ4n) is 5.26. The van der Waals surface area contributed by atoms with E-state index in [1.165, 1.54) is 18.3 Å². The number of benzene rings is 1. The van der Waals surface area contributed by atoms with E-state index in [1.807, 2.05) is 11.8 Å². The van der Waals surface area contributed by atoms with E-state index in [0.29, 0.717) is 76.5 Å². The summed E-state index contributed by atoms with van der Waals surface area (Å²) in [5, 5.41) is 25.2. The van der Waals surface area contributed by atoms with Gasteiger partial charge in [-0.25, -0.2) is 14.6 Å². The largest absolute Gasteiger partial charge is 0.478 e. The average molecular weight is 714 g/mol. The van der Waals surface area contributed by atoms with Crippen molar-refractivity contribution in [1.82, 2.24) is 26.3 Å². The zero-order valence-corrected chi connectivity index (χ0v) is 28.9. The van der Waals surface area contributed by atoms with Gasteiger partial charge in [0.05, 0.1) is 62.2 Å². The minimum atomic E-state index is -0.986. The number of urea groups is 1. The Labute approximate surface area is 296 Å². The summed E-state index contributed by atoms with van der Waals surface area (Å²) in [6, 6.07) is 9.98. The van der Waals surface area contributed by atoms with E-state index in [9.17, 15) is 19.2 Å². The number of rotatable bonds is 24. The third-order valence-corrected chi connectivity index (χ3v) is 9.43. The van der Waals surface area contributed by atoms with E-state index in [4.69, 9.17) is 19.3 Å². The standard InChI is InChI=1S/C34H47N7O8S/c42-30(6-2-1-5-29-31-28(23-50-29)39-34(46)40-31)35-13-3-15-47-17-19-49-20-18-48-16-4-14-36-32(43)27-12-11-26(22-37-27)41-38-21-24-7-9-25(10-8-24)33(44)45/h7-12,21-22,28-29,31,41H,1-6,13-20,23H2,(H,35,42)(H,36,43)(H,44,45)(H2,39,40,46)/b38-21+/t28-,29-,31-/m0/s1. The van der Waals surface area contributed by atoms with Crippen molar-refractivity contribution in [2.24, 2.45) is 5.10 Å². The maximum absolute atomic E-state index is 12.3. The van der Waals surface area contributed by atoms with Crippen LogP contribution in [0.3, 0.4) is 0 Å². The molecule has 0 spiro atoms. The molecule has 4 rings (SSSR count). The number of unbranched alkanes of at least 4 members (excludes halogenated alkanes) is 1. The number of nitrogens with zero attached hydrogens (tertiary/aromatic N) is 2. The monoisotopic (exact) mass is 713 g/mol. The van der Waals surface area contributed by atoms with Crippen LogP contribution in [0.1, 0.15) is 64.9 Å². The molecule has 4 amide bonds. The summed E-state index contributed by atoms with van der Waals surface area (Å²) >= 11 is 1.90. The van der Waals surface area contributed by atoms with Crippen molar-refractivity contribution in [3.05, 3.63) is 59.4 Å². The third kappa shape index (κ3) is 13.9. The predicted molar refractivity (Wildman–Crippen MR) is 190 cm³/mol. The lowest BCUT2D eigenvalue weighted by atomic mass is 10.0. The highest BCUT2D eigenvalue weighted by Crippen LogP contribution is 2.33. The Morgan fingerprint density at radius 3 is 2.28 bits per heavy atom. The minimum Gasteiger partial charge on any atom is -0.478 e. The van der Waals surface area contributed by atoms with Gasteiger partial charge in [-0.05, 0) is 55.5 Å². The van der Waals surface area contributed by atoms with Crippen LogP contribution < -0.4 is 26.7 Å². The fraction of sp³-hybridized carbons (Fsp3) is 0.529. The minimum absolute atomic E-state index is 0.0636. The second kappa shape index (κ2) is 21.8. The summed E-state index contributed by atoms with van der Waals surface area (Å²) in [6.07, 6.45) is 7.78. The highest BCUT2D eigenvalue weighted by Gasteiger charge is 2.42. The van der Waals surface area contributed by atoms with Crippen molar-refractivity contribution in [2.75, 3.05) is 63.9 Å². The Balaban J connectivity index is 0.886. The highest BCUT2D eigenvalue weighted by atomic mass is 32.2. The highest BCUT2D eigenvalue weighted by molar-refractivity contribution is 8.00. The Morgan fingerprint density at radius 1 is 0.900 bits per heavy atom. The third-order valence-electron chi connectivity index (χ3n) is 7.92. The Morgan fingerprint density at radius 2 is 1.60 bits per heavy atom. The van der Waals surface area contributed by atoms with Gasteiger partial charge in [-0.1, -0.05) is 18.6 Å². The molecule has 15 nitrogen and oxygen atoms in total. The number of hydrogen-bond donors (Lipinski definition) is 6. The van der Waals surface area contributed by atoms with Crippen molar-refractivity contribution in [2.45, 2.75) is 55.9 Å². The van der Waals surface area contributed by atoms with Gasteiger partial charge >= 0.3 is 12.0 Å². The predicted octanol–water partition coefficient (Wildman–Crippen LogP) is 2.63. The van der Waals surface area contributed by atoms with Gasteiger partial charge in [-0.15, -0.1) is 0 Å². The number of carbonyl (C=O) groups excluding carboxylic acids is 3. The molecule has 2 aliphatic heterocycles. The molecule has 1 aromatic heterocycles. The van der Waals surface area contributed by atoms with Gasteiger partial charge in [0.1, 0.15) is 5.69 Å². The molecule has 2 saturated heterocycles. The van der Waals surface area contributed by atoms with Crippen LogP contribution >= 0.6 is 11.8 Å². The van der Waals surface area contributed by atoms with Gasteiger partial charge in [0.15, 0.2) is 0 Å². The van der Waals surface area contributed by atoms with Crippen molar-refractivity contribution >= 4 is 47.5 Å². The summed E-state index contributed by atoms with van der Waals surface area (Å²) < 4.78 is 16.6. The van der Waals surface area contributed by atoms with Crippen LogP contribution in [0.25, 0.3) is 0 Å². The molecule has 2 aliphatic rings. The summed E-state index contributed by atoms with van der Waals surface area (Å²) in [5.74, 6) is -0.253. The number of ether oxygens (including phenoxy) is 3. The lowest BCUT2D eigenvalue weighted by Crippen LogP contribution is -2.36. The first-order valence-corrected chi connectivity index (χ1v) is 18.0. The number of anilines is 1.